The van der Waals surface area contributed by atoms with Crippen LogP contribution in [0.5, 0.6) is 0 Å². The topological polar surface area (TPSA) is 78.9 Å². The zero-order chi connectivity index (χ0) is 36.9. The molecule has 6 nitrogen and oxygen atoms in total. The van der Waals surface area contributed by atoms with Gasteiger partial charge in [-0.3, -0.25) is 14.4 Å². The van der Waals surface area contributed by atoms with Gasteiger partial charge in [-0.15, -0.1) is 0 Å². The number of carbonyl (C=O) groups is 3. The first-order valence-electron chi connectivity index (χ1n) is 21.7. The molecule has 6 heteroatoms. The van der Waals surface area contributed by atoms with E-state index in [1.165, 1.54) is 116 Å². The fourth-order valence-corrected chi connectivity index (χ4v) is 6.40. The van der Waals surface area contributed by atoms with Gasteiger partial charge in [-0.25, -0.2) is 0 Å². The molecule has 0 amide bonds. The SMILES string of the molecule is CCCCCCCC(=O)OC[C@H](COC(=O)CCCCCCCCCCCC(C)C)OC(=O)CCCCCCCCCCCCCCC(C)C. The predicted octanol–water partition coefficient (Wildman–Crippen LogP) is 13.4. The molecule has 1 atom stereocenters. The highest BCUT2D eigenvalue weighted by molar-refractivity contribution is 5.71. The molecule has 0 aromatic carbocycles. The van der Waals surface area contributed by atoms with Crippen molar-refractivity contribution >= 4 is 17.9 Å². The van der Waals surface area contributed by atoms with Crippen LogP contribution in [0.25, 0.3) is 0 Å². The fraction of sp³-hybridized carbons (Fsp3) is 0.932. The first kappa shape index (κ1) is 48.4. The van der Waals surface area contributed by atoms with E-state index in [4.69, 9.17) is 14.2 Å². The Hall–Kier alpha value is -1.59. The summed E-state index contributed by atoms with van der Waals surface area (Å²) in [4.78, 5) is 37.4. The Kier molecular flexibility index (Phi) is 36.0. The van der Waals surface area contributed by atoms with Gasteiger partial charge in [0.1, 0.15) is 13.2 Å². The van der Waals surface area contributed by atoms with Gasteiger partial charge < -0.3 is 14.2 Å². The summed E-state index contributed by atoms with van der Waals surface area (Å²) in [5.41, 5.74) is 0. The lowest BCUT2D eigenvalue weighted by Crippen LogP contribution is -2.30. The third-order valence-corrected chi connectivity index (χ3v) is 9.72. The van der Waals surface area contributed by atoms with E-state index in [9.17, 15) is 14.4 Å². The van der Waals surface area contributed by atoms with E-state index >= 15 is 0 Å². The van der Waals surface area contributed by atoms with Crippen LogP contribution in [0.2, 0.25) is 0 Å². The third kappa shape index (κ3) is 37.7. The van der Waals surface area contributed by atoms with Crippen LogP contribution in [0.15, 0.2) is 0 Å². The first-order valence-corrected chi connectivity index (χ1v) is 21.7. The molecule has 0 aromatic rings. The zero-order valence-corrected chi connectivity index (χ0v) is 34.0. The van der Waals surface area contributed by atoms with Crippen LogP contribution >= 0.6 is 0 Å². The highest BCUT2D eigenvalue weighted by atomic mass is 16.6. The predicted molar refractivity (Wildman–Crippen MR) is 210 cm³/mol. The monoisotopic (exact) mass is 709 g/mol. The number of carbonyl (C=O) groups excluding carboxylic acids is 3. The van der Waals surface area contributed by atoms with Crippen molar-refractivity contribution in [2.45, 2.75) is 240 Å². The first-order chi connectivity index (χ1) is 24.2. The van der Waals surface area contributed by atoms with Crippen molar-refractivity contribution in [3.63, 3.8) is 0 Å². The van der Waals surface area contributed by atoms with Crippen molar-refractivity contribution in [3.8, 4) is 0 Å². The smallest absolute Gasteiger partial charge is 0.306 e. The molecular weight excluding hydrogens is 624 g/mol. The summed E-state index contributed by atoms with van der Waals surface area (Å²) < 4.78 is 16.6. The van der Waals surface area contributed by atoms with E-state index in [0.29, 0.717) is 19.3 Å². The van der Waals surface area contributed by atoms with Gasteiger partial charge in [-0.05, 0) is 31.1 Å². The Morgan fingerprint density at radius 2 is 0.660 bits per heavy atom. The van der Waals surface area contributed by atoms with Crippen LogP contribution in [0, 0.1) is 11.8 Å². The maximum absolute atomic E-state index is 12.6. The largest absolute Gasteiger partial charge is 0.462 e. The second-order valence-corrected chi connectivity index (χ2v) is 15.9. The lowest BCUT2D eigenvalue weighted by molar-refractivity contribution is -0.167. The summed E-state index contributed by atoms with van der Waals surface area (Å²) in [6, 6.07) is 0. The molecule has 0 spiro atoms. The summed E-state index contributed by atoms with van der Waals surface area (Å²) in [5, 5.41) is 0. The van der Waals surface area contributed by atoms with Crippen LogP contribution < -0.4 is 0 Å². The average molecular weight is 709 g/mol. The molecule has 0 aromatic heterocycles. The lowest BCUT2D eigenvalue weighted by atomic mass is 10.0. The molecule has 0 aliphatic carbocycles. The number of rotatable bonds is 38. The van der Waals surface area contributed by atoms with Crippen molar-refractivity contribution in [2.75, 3.05) is 13.2 Å². The highest BCUT2D eigenvalue weighted by Crippen LogP contribution is 2.16. The molecular formula is C44H84O6. The molecule has 0 N–H and O–H groups in total. The van der Waals surface area contributed by atoms with Crippen LogP contribution in [0.3, 0.4) is 0 Å². The Bertz CT molecular complexity index is 764. The summed E-state index contributed by atoms with van der Waals surface area (Å²) in [6.45, 7) is 11.2. The third-order valence-electron chi connectivity index (χ3n) is 9.72. The Balaban J connectivity index is 4.21. The van der Waals surface area contributed by atoms with Gasteiger partial charge in [0.25, 0.3) is 0 Å². The standard InChI is InChI=1S/C44H84O6/c1-6-7-8-22-29-34-42(45)48-37-41(38-49-43(46)35-30-25-20-17-13-15-19-24-28-33-40(4)5)50-44(47)36-31-26-21-16-12-10-9-11-14-18-23-27-32-39(2)3/h39-41H,6-38H2,1-5H3/t41-/m1/s1. The maximum Gasteiger partial charge on any atom is 0.306 e. The van der Waals surface area contributed by atoms with Crippen LogP contribution in [0.4, 0.5) is 0 Å². The molecule has 296 valence electrons. The molecule has 0 heterocycles. The van der Waals surface area contributed by atoms with Crippen LogP contribution in [0.1, 0.15) is 234 Å². The molecule has 0 radical (unpaired) electrons. The van der Waals surface area contributed by atoms with Gasteiger partial charge >= 0.3 is 17.9 Å². The number of unbranched alkanes of at least 4 members (excludes halogenated alkanes) is 23. The average Bonchev–Trinajstić information content (AvgIpc) is 3.08. The van der Waals surface area contributed by atoms with Crippen LogP contribution in [-0.4, -0.2) is 37.2 Å². The quantitative estimate of drug-likeness (QED) is 0.0361. The number of hydrogen-bond donors (Lipinski definition) is 0. The summed E-state index contributed by atoms with van der Waals surface area (Å²) in [6.07, 6.45) is 34.0. The van der Waals surface area contributed by atoms with Crippen molar-refractivity contribution in [2.24, 2.45) is 11.8 Å². The maximum atomic E-state index is 12.6. The van der Waals surface area contributed by atoms with Gasteiger partial charge in [0.05, 0.1) is 0 Å². The molecule has 0 bridgehead atoms. The molecule has 0 unspecified atom stereocenters. The Morgan fingerprint density at radius 1 is 0.380 bits per heavy atom. The molecule has 0 fully saturated rings. The van der Waals surface area contributed by atoms with E-state index < -0.39 is 6.10 Å². The van der Waals surface area contributed by atoms with E-state index in [-0.39, 0.29) is 31.1 Å². The van der Waals surface area contributed by atoms with Crippen molar-refractivity contribution in [1.29, 1.82) is 0 Å². The zero-order valence-electron chi connectivity index (χ0n) is 34.0. The highest BCUT2D eigenvalue weighted by Gasteiger charge is 2.19. The van der Waals surface area contributed by atoms with Gasteiger partial charge in [0.15, 0.2) is 6.10 Å². The minimum Gasteiger partial charge on any atom is -0.462 e. The van der Waals surface area contributed by atoms with E-state index in [0.717, 1.165) is 76.0 Å². The normalized spacial score (nSPS) is 12.1. The molecule has 0 aliphatic rings. The summed E-state index contributed by atoms with van der Waals surface area (Å²) in [7, 11) is 0. The molecule has 0 saturated heterocycles. The van der Waals surface area contributed by atoms with Gasteiger partial charge in [0, 0.05) is 19.3 Å². The lowest BCUT2D eigenvalue weighted by Gasteiger charge is -2.18. The van der Waals surface area contributed by atoms with Gasteiger partial charge in [-0.2, -0.15) is 0 Å². The number of ether oxygens (including phenoxy) is 3. The van der Waals surface area contributed by atoms with Gasteiger partial charge in [-0.1, -0.05) is 195 Å². The number of esters is 3. The molecule has 0 aliphatic heterocycles. The number of hydrogen-bond acceptors (Lipinski definition) is 6. The second kappa shape index (κ2) is 37.2. The molecule has 50 heavy (non-hydrogen) atoms. The van der Waals surface area contributed by atoms with E-state index in [1.54, 1.807) is 0 Å². The van der Waals surface area contributed by atoms with E-state index in [1.807, 2.05) is 0 Å². The fourth-order valence-electron chi connectivity index (χ4n) is 6.40. The van der Waals surface area contributed by atoms with E-state index in [2.05, 4.69) is 34.6 Å². The molecule has 0 rings (SSSR count). The van der Waals surface area contributed by atoms with Gasteiger partial charge in [0.2, 0.25) is 0 Å². The second-order valence-electron chi connectivity index (χ2n) is 15.9. The van der Waals surface area contributed by atoms with Crippen LogP contribution in [-0.2, 0) is 28.6 Å². The van der Waals surface area contributed by atoms with Crippen molar-refractivity contribution in [1.82, 2.24) is 0 Å². The molecule has 0 saturated carbocycles. The minimum atomic E-state index is -0.758. The summed E-state index contributed by atoms with van der Waals surface area (Å²) >= 11 is 0. The van der Waals surface area contributed by atoms with Crippen molar-refractivity contribution in [3.05, 3.63) is 0 Å². The minimum absolute atomic E-state index is 0.0664. The Morgan fingerprint density at radius 3 is 0.980 bits per heavy atom. The Labute approximate surface area is 310 Å². The van der Waals surface area contributed by atoms with Crippen molar-refractivity contribution < 1.29 is 28.6 Å². The summed E-state index contributed by atoms with van der Waals surface area (Å²) in [5.74, 6) is 0.766.